The van der Waals surface area contributed by atoms with E-state index in [-0.39, 0.29) is 24.7 Å². The summed E-state index contributed by atoms with van der Waals surface area (Å²) in [5, 5.41) is 2.53. The van der Waals surface area contributed by atoms with Crippen molar-refractivity contribution in [2.45, 2.75) is 65.4 Å². The van der Waals surface area contributed by atoms with Gasteiger partial charge in [0.2, 0.25) is 5.91 Å². The van der Waals surface area contributed by atoms with Gasteiger partial charge in [0.25, 0.3) is 0 Å². The van der Waals surface area contributed by atoms with Gasteiger partial charge in [0.15, 0.2) is 0 Å². The molecule has 1 aromatic carbocycles. The molecule has 34 heavy (non-hydrogen) atoms. The second kappa shape index (κ2) is 13.2. The summed E-state index contributed by atoms with van der Waals surface area (Å²) >= 11 is 1.13. The highest BCUT2D eigenvalue weighted by Crippen LogP contribution is 2.13. The molecule has 2 amide bonds. The third-order valence-corrected chi connectivity index (χ3v) is 4.91. The normalized spacial score (nSPS) is 12.3. The molecule has 0 aliphatic heterocycles. The number of carbonyl (C=O) groups is 4. The standard InChI is InChI=1S/C24H36N2O7S/c1-23(2,3)32-20(28)16-34-15-18(25-22(30)33-24(4,5)6)21(29)26(7)13-19(27)31-14-17-11-9-8-10-12-17/h8-12,18H,13-16H2,1-7H3,(H,25,30). The topological polar surface area (TPSA) is 111 Å². The number of carbonyl (C=O) groups excluding carboxylic acids is 4. The van der Waals surface area contributed by atoms with Crippen LogP contribution < -0.4 is 5.32 Å². The lowest BCUT2D eigenvalue weighted by Crippen LogP contribution is -2.51. The molecule has 0 heterocycles. The Morgan fingerprint density at radius 3 is 2.09 bits per heavy atom. The fraction of sp³-hybridized carbons (Fsp3) is 0.583. The molecule has 0 spiro atoms. The maximum Gasteiger partial charge on any atom is 0.408 e. The second-order valence-corrected chi connectivity index (χ2v) is 10.7. The Kier molecular flexibility index (Phi) is 11.4. The van der Waals surface area contributed by atoms with Crippen LogP contribution in [0, 0.1) is 0 Å². The summed E-state index contributed by atoms with van der Waals surface area (Å²) in [6.45, 7) is 10.2. The van der Waals surface area contributed by atoms with Crippen LogP contribution >= 0.6 is 11.8 Å². The number of benzene rings is 1. The Hall–Kier alpha value is -2.75. The van der Waals surface area contributed by atoms with Crippen LogP contribution in [0.4, 0.5) is 4.79 Å². The van der Waals surface area contributed by atoms with Gasteiger partial charge in [0, 0.05) is 12.8 Å². The van der Waals surface area contributed by atoms with Gasteiger partial charge < -0.3 is 24.4 Å². The zero-order chi connectivity index (χ0) is 25.9. The van der Waals surface area contributed by atoms with E-state index in [0.29, 0.717) is 0 Å². The first-order valence-corrected chi connectivity index (χ1v) is 12.1. The van der Waals surface area contributed by atoms with Gasteiger partial charge in [-0.3, -0.25) is 14.4 Å². The number of esters is 2. The van der Waals surface area contributed by atoms with E-state index in [4.69, 9.17) is 14.2 Å². The second-order valence-electron chi connectivity index (χ2n) is 9.64. The summed E-state index contributed by atoms with van der Waals surface area (Å²) in [7, 11) is 1.44. The first-order chi connectivity index (χ1) is 15.7. The zero-order valence-electron chi connectivity index (χ0n) is 21.0. The highest BCUT2D eigenvalue weighted by atomic mass is 32.2. The Labute approximate surface area is 205 Å². The number of nitrogens with zero attached hydrogens (tertiary/aromatic N) is 1. The van der Waals surface area contributed by atoms with Crippen molar-refractivity contribution in [2.24, 2.45) is 0 Å². The molecule has 0 aromatic heterocycles. The maximum absolute atomic E-state index is 13.0. The predicted molar refractivity (Wildman–Crippen MR) is 130 cm³/mol. The molecule has 0 bridgehead atoms. The number of amides is 2. The number of rotatable bonds is 10. The van der Waals surface area contributed by atoms with Crippen molar-refractivity contribution in [1.82, 2.24) is 10.2 Å². The molecule has 0 saturated carbocycles. The van der Waals surface area contributed by atoms with Gasteiger partial charge in [-0.2, -0.15) is 0 Å². The number of nitrogens with one attached hydrogen (secondary N) is 1. The molecule has 1 rings (SSSR count). The van der Waals surface area contributed by atoms with Crippen LogP contribution in [-0.2, 0) is 35.2 Å². The van der Waals surface area contributed by atoms with Crippen molar-refractivity contribution >= 4 is 35.7 Å². The minimum Gasteiger partial charge on any atom is -0.459 e. The summed E-state index contributed by atoms with van der Waals surface area (Å²) in [6, 6.07) is 8.15. The van der Waals surface area contributed by atoms with E-state index >= 15 is 0 Å². The molecular weight excluding hydrogens is 460 g/mol. The van der Waals surface area contributed by atoms with Crippen LogP contribution in [0.15, 0.2) is 30.3 Å². The number of ether oxygens (including phenoxy) is 3. The van der Waals surface area contributed by atoms with Gasteiger partial charge in [-0.05, 0) is 47.1 Å². The summed E-state index contributed by atoms with van der Waals surface area (Å²) in [5.41, 5.74) is -0.552. The summed E-state index contributed by atoms with van der Waals surface area (Å²) in [4.78, 5) is 50.6. The molecule has 1 unspecified atom stereocenters. The van der Waals surface area contributed by atoms with E-state index in [2.05, 4.69) is 5.32 Å². The average molecular weight is 497 g/mol. The van der Waals surface area contributed by atoms with Gasteiger partial charge in [-0.25, -0.2) is 4.79 Å². The number of hydrogen-bond acceptors (Lipinski definition) is 8. The van der Waals surface area contributed by atoms with E-state index in [1.54, 1.807) is 41.5 Å². The third-order valence-electron chi connectivity index (χ3n) is 3.90. The average Bonchev–Trinajstić information content (AvgIpc) is 2.69. The van der Waals surface area contributed by atoms with Gasteiger partial charge >= 0.3 is 18.0 Å². The zero-order valence-corrected chi connectivity index (χ0v) is 21.8. The molecule has 0 radical (unpaired) electrons. The maximum atomic E-state index is 13.0. The van der Waals surface area contributed by atoms with Crippen molar-refractivity contribution in [3.05, 3.63) is 35.9 Å². The van der Waals surface area contributed by atoms with E-state index < -0.39 is 41.2 Å². The number of hydrogen-bond donors (Lipinski definition) is 1. The lowest BCUT2D eigenvalue weighted by molar-refractivity contribution is -0.151. The van der Waals surface area contributed by atoms with Crippen LogP contribution in [0.25, 0.3) is 0 Å². The summed E-state index contributed by atoms with van der Waals surface area (Å²) < 4.78 is 15.7. The lowest BCUT2D eigenvalue weighted by atomic mass is 10.2. The molecule has 190 valence electrons. The first-order valence-electron chi connectivity index (χ1n) is 10.9. The quantitative estimate of drug-likeness (QED) is 0.388. The van der Waals surface area contributed by atoms with Gasteiger partial charge in [-0.15, -0.1) is 11.8 Å². The molecule has 0 aliphatic rings. The summed E-state index contributed by atoms with van der Waals surface area (Å²) in [6.07, 6.45) is -0.774. The SMILES string of the molecule is CN(CC(=O)OCc1ccccc1)C(=O)C(CSCC(=O)OC(C)(C)C)NC(=O)OC(C)(C)C. The van der Waals surface area contributed by atoms with Crippen molar-refractivity contribution < 1.29 is 33.4 Å². The Bertz CT molecular complexity index is 832. The smallest absolute Gasteiger partial charge is 0.408 e. The van der Waals surface area contributed by atoms with E-state index in [1.807, 2.05) is 30.3 Å². The lowest BCUT2D eigenvalue weighted by Gasteiger charge is -2.26. The van der Waals surface area contributed by atoms with E-state index in [9.17, 15) is 19.2 Å². The highest BCUT2D eigenvalue weighted by Gasteiger charge is 2.28. The van der Waals surface area contributed by atoms with Gasteiger partial charge in [-0.1, -0.05) is 30.3 Å². The number of likely N-dealkylation sites (N-methyl/N-ethyl adjacent to an activating group) is 1. The van der Waals surface area contributed by atoms with Crippen LogP contribution in [0.1, 0.15) is 47.1 Å². The monoisotopic (exact) mass is 496 g/mol. The van der Waals surface area contributed by atoms with Crippen molar-refractivity contribution in [3.63, 3.8) is 0 Å². The van der Waals surface area contributed by atoms with Crippen LogP contribution in [-0.4, -0.2) is 71.2 Å². The van der Waals surface area contributed by atoms with Crippen molar-refractivity contribution in [2.75, 3.05) is 25.1 Å². The number of alkyl carbamates (subject to hydrolysis) is 1. The predicted octanol–water partition coefficient (Wildman–Crippen LogP) is 3.16. The van der Waals surface area contributed by atoms with E-state index in [0.717, 1.165) is 17.3 Å². The fourth-order valence-corrected chi connectivity index (χ4v) is 3.38. The molecule has 0 aliphatic carbocycles. The molecule has 1 N–H and O–H groups in total. The van der Waals surface area contributed by atoms with Crippen LogP contribution in [0.5, 0.6) is 0 Å². The molecule has 0 fully saturated rings. The van der Waals surface area contributed by atoms with Crippen molar-refractivity contribution in [1.29, 1.82) is 0 Å². The molecular formula is C24H36N2O7S. The first kappa shape index (κ1) is 29.3. The van der Waals surface area contributed by atoms with Gasteiger partial charge in [0.05, 0.1) is 5.75 Å². The Balaban J connectivity index is 2.71. The Morgan fingerprint density at radius 2 is 1.53 bits per heavy atom. The van der Waals surface area contributed by atoms with Crippen LogP contribution in [0.2, 0.25) is 0 Å². The minimum atomic E-state index is -1.02. The third kappa shape index (κ3) is 13.1. The molecule has 9 nitrogen and oxygen atoms in total. The molecule has 1 aromatic rings. The van der Waals surface area contributed by atoms with Crippen molar-refractivity contribution in [3.8, 4) is 0 Å². The number of thioether (sulfide) groups is 1. The molecule has 0 saturated heterocycles. The Morgan fingerprint density at radius 1 is 0.941 bits per heavy atom. The molecule has 10 heteroatoms. The fourth-order valence-electron chi connectivity index (χ4n) is 2.58. The van der Waals surface area contributed by atoms with E-state index in [1.165, 1.54) is 11.9 Å². The highest BCUT2D eigenvalue weighted by molar-refractivity contribution is 8.00. The van der Waals surface area contributed by atoms with Gasteiger partial charge in [0.1, 0.15) is 30.4 Å². The van der Waals surface area contributed by atoms with Crippen LogP contribution in [0.3, 0.4) is 0 Å². The molecule has 1 atom stereocenters. The minimum absolute atomic E-state index is 0.000119. The summed E-state index contributed by atoms with van der Waals surface area (Å²) in [5.74, 6) is -1.45. The largest absolute Gasteiger partial charge is 0.459 e.